The molecule has 6 nitrogen and oxygen atoms in total. The molecule has 0 bridgehead atoms. The maximum absolute atomic E-state index is 7.84. The van der Waals surface area contributed by atoms with Crippen molar-refractivity contribution in [1.82, 2.24) is 0 Å². The average Bonchev–Trinajstić information content (AvgIpc) is 0.671. The Kier molecular flexibility index (Phi) is 19.6. The first-order chi connectivity index (χ1) is 68.0. The van der Waals surface area contributed by atoms with Gasteiger partial charge in [0.25, 0.3) is 20.1 Å². The summed E-state index contributed by atoms with van der Waals surface area (Å²) < 4.78 is 15.7. The first-order valence-electron chi connectivity index (χ1n) is 48.4. The molecule has 26 rings (SSSR count). The molecule has 20 aromatic carbocycles. The fourth-order valence-corrected chi connectivity index (χ4v) is 39.5. The largest absolute Gasteiger partial charge is 0.458 e. The molecular weight excluding hydrogens is 1720 g/mol. The molecule has 0 unspecified atom stereocenters. The van der Waals surface area contributed by atoms with Crippen LogP contribution in [0.3, 0.4) is 0 Å². The lowest BCUT2D eigenvalue weighted by Crippen LogP contribution is -2.75. The molecule has 0 aromatic heterocycles. The monoisotopic (exact) mass is 1810 g/mol. The number of nitrogens with zero attached hydrogens (tertiary/aromatic N) is 4. The SMILES string of the molecule is Cc1ccccc1N1c2cc3c(cc2B2c4cc5c(cc4N(c4ccccc4C)c4cc([Si](c6ccccc6)(c6ccccc6)c6ccccc6)cc1c42)N(c1c(C)cccc1C)c1cc([Si](c2ccccc2)(c2ccccc2)c2ccccc2)cc2c1B5c1ccccc1O2)B1c2ccccc2Oc2cc([Si](c4ccccc4)(c4ccccc4)c4ccccc4)cc(c21)N3c1c(C)cccc1C. The van der Waals surface area contributed by atoms with Gasteiger partial charge in [0.15, 0.2) is 24.2 Å². The van der Waals surface area contributed by atoms with Crippen molar-refractivity contribution in [3.63, 3.8) is 0 Å². The molecule has 0 N–H and O–H groups in total. The summed E-state index contributed by atoms with van der Waals surface area (Å²) in [6, 6.07) is 180. The van der Waals surface area contributed by atoms with Crippen LogP contribution < -0.4 is 140 Å². The zero-order chi connectivity index (χ0) is 92.2. The number of aryl methyl sites for hydroxylation is 6. The van der Waals surface area contributed by atoms with Gasteiger partial charge < -0.3 is 29.1 Å². The van der Waals surface area contributed by atoms with Crippen molar-refractivity contribution in [3.05, 3.63) is 500 Å². The van der Waals surface area contributed by atoms with E-state index in [1.165, 1.54) is 112 Å². The Morgan fingerprint density at radius 3 is 0.667 bits per heavy atom. The molecule has 0 spiro atoms. The zero-order valence-electron chi connectivity index (χ0n) is 77.8. The highest BCUT2D eigenvalue weighted by atomic mass is 28.3. The van der Waals surface area contributed by atoms with Crippen LogP contribution in [0, 0.1) is 41.5 Å². The molecule has 20 aromatic rings. The van der Waals surface area contributed by atoms with Gasteiger partial charge in [0, 0.05) is 56.9 Å². The third-order valence-corrected chi connectivity index (χ3v) is 45.1. The molecule has 6 aliphatic rings. The van der Waals surface area contributed by atoms with Crippen LogP contribution in [-0.4, -0.2) is 44.4 Å². The third-order valence-electron chi connectivity index (χ3n) is 30.9. The average molecular weight is 1810 g/mol. The highest BCUT2D eigenvalue weighted by Gasteiger charge is 2.55. The number of anilines is 12. The van der Waals surface area contributed by atoms with Crippen LogP contribution in [0.15, 0.2) is 467 Å². The molecule has 652 valence electrons. The van der Waals surface area contributed by atoms with Crippen molar-refractivity contribution in [1.29, 1.82) is 0 Å². The standard InChI is InChI=1S/C126H95B3N4O2Si3/c1-84-44-34-38-70-108(84)130-110-82-112-106(127-102-68-36-40-72-118(102)134-120-78-100(76-116(123(120)127)132(112)125-86(3)46-42-47-87(125)4)137(93-56-22-10-23-57-93,94-58-24-11-25-59-94)95-60-26-12-27-61-95)80-104(110)129-105-81-107-113(83-111(105)131(109-71-39-35-45-85(109)2)115-75-99(74-114(130)122(115)129)136(90-50-16-7-17-51-90,91-52-18-8-19-53-91)92-54-20-9-21-55-92)133(126-88(5)48-43-49-89(126)6)117-77-101(79-121-124(117)128(107)103-69-37-41-73-119(103)135-121)138(96-62-28-13-29-63-96,97-64-30-14-31-65-97)98-66-32-15-33-67-98/h7-83H,1-6H3. The molecular formula is C126H95B3N4O2Si3. The first-order valence-corrected chi connectivity index (χ1v) is 54.4. The molecule has 6 aliphatic heterocycles. The van der Waals surface area contributed by atoms with Gasteiger partial charge in [-0.05, 0) is 259 Å². The molecule has 0 radical (unpaired) electrons. The fraction of sp³-hybridized carbons (Fsp3) is 0.0476. The van der Waals surface area contributed by atoms with Crippen LogP contribution >= 0.6 is 0 Å². The molecule has 6 heterocycles. The second kappa shape index (κ2) is 32.7. The van der Waals surface area contributed by atoms with Crippen LogP contribution in [0.2, 0.25) is 0 Å². The van der Waals surface area contributed by atoms with Crippen molar-refractivity contribution in [2.45, 2.75) is 41.5 Å². The second-order valence-electron chi connectivity index (χ2n) is 38.2. The van der Waals surface area contributed by atoms with E-state index in [-0.39, 0.29) is 13.4 Å². The zero-order valence-corrected chi connectivity index (χ0v) is 80.8. The smallest absolute Gasteiger partial charge is 0.256 e. The normalized spacial score (nSPS) is 13.3. The van der Waals surface area contributed by atoms with Gasteiger partial charge in [-0.1, -0.05) is 394 Å². The summed E-state index contributed by atoms with van der Waals surface area (Å²) in [7, 11) is -10.1. The Morgan fingerprint density at radius 2 is 0.384 bits per heavy atom. The lowest BCUT2D eigenvalue weighted by atomic mass is 9.29. The highest BCUT2D eigenvalue weighted by molar-refractivity contribution is 7.22. The van der Waals surface area contributed by atoms with Gasteiger partial charge in [0.1, 0.15) is 23.0 Å². The summed E-state index contributed by atoms with van der Waals surface area (Å²) >= 11 is 0. The molecule has 0 saturated heterocycles. The number of hydrogen-bond donors (Lipinski definition) is 0. The van der Waals surface area contributed by atoms with E-state index in [1.807, 2.05) is 0 Å². The summed E-state index contributed by atoms with van der Waals surface area (Å²) in [5.41, 5.74) is 31.0. The van der Waals surface area contributed by atoms with E-state index < -0.39 is 30.9 Å². The van der Waals surface area contributed by atoms with E-state index in [0.29, 0.717) is 0 Å². The van der Waals surface area contributed by atoms with Crippen LogP contribution in [0.25, 0.3) is 0 Å². The summed E-state index contributed by atoms with van der Waals surface area (Å²) in [4.78, 5) is 10.9. The van der Waals surface area contributed by atoms with Crippen LogP contribution in [0.4, 0.5) is 68.2 Å². The summed E-state index contributed by atoms with van der Waals surface area (Å²) in [6.07, 6.45) is 0. The number of ether oxygens (including phenoxy) is 2. The minimum Gasteiger partial charge on any atom is -0.458 e. The van der Waals surface area contributed by atoms with Crippen molar-refractivity contribution in [3.8, 4) is 23.0 Å². The van der Waals surface area contributed by atoms with Crippen molar-refractivity contribution in [2.75, 3.05) is 19.6 Å². The van der Waals surface area contributed by atoms with Crippen LogP contribution in [0.5, 0.6) is 23.0 Å². The molecule has 0 saturated carbocycles. The Bertz CT molecular complexity index is 7530. The maximum atomic E-state index is 7.84. The minimum atomic E-state index is -3.51. The Morgan fingerprint density at radius 1 is 0.159 bits per heavy atom. The number of benzene rings is 20. The van der Waals surface area contributed by atoms with E-state index in [4.69, 9.17) is 9.47 Å². The van der Waals surface area contributed by atoms with Gasteiger partial charge in [-0.15, -0.1) is 0 Å². The van der Waals surface area contributed by atoms with Gasteiger partial charge >= 0.3 is 0 Å². The van der Waals surface area contributed by atoms with Gasteiger partial charge in [-0.25, -0.2) is 0 Å². The summed E-state index contributed by atoms with van der Waals surface area (Å²) in [5, 5.41) is 15.3. The van der Waals surface area contributed by atoms with Gasteiger partial charge in [-0.3, -0.25) is 0 Å². The minimum absolute atomic E-state index is 0.313. The molecule has 138 heavy (non-hydrogen) atoms. The lowest BCUT2D eigenvalue weighted by molar-refractivity contribution is 0.487. The maximum Gasteiger partial charge on any atom is 0.256 e. The van der Waals surface area contributed by atoms with Crippen LogP contribution in [-0.2, 0) is 0 Å². The van der Waals surface area contributed by atoms with Gasteiger partial charge in [-0.2, -0.15) is 0 Å². The molecule has 0 fully saturated rings. The van der Waals surface area contributed by atoms with Gasteiger partial charge in [0.05, 0.1) is 11.4 Å². The fourth-order valence-electron chi connectivity index (χ4n) is 25.2. The number of para-hydroxylation sites is 6. The predicted molar refractivity (Wildman–Crippen MR) is 591 cm³/mol. The quantitative estimate of drug-likeness (QED) is 0.0708. The number of rotatable bonds is 16. The summed E-state index contributed by atoms with van der Waals surface area (Å²) in [5.74, 6) is 3.44. The van der Waals surface area contributed by atoms with E-state index in [1.54, 1.807) is 0 Å². The number of fused-ring (bicyclic) bond motifs is 12. The highest BCUT2D eigenvalue weighted by Crippen LogP contribution is 2.52. The third kappa shape index (κ3) is 12.3. The van der Waals surface area contributed by atoms with Crippen molar-refractivity contribution >= 4 is 224 Å². The first kappa shape index (κ1) is 82.7. The van der Waals surface area contributed by atoms with Crippen LogP contribution in [0.1, 0.15) is 33.4 Å². The van der Waals surface area contributed by atoms with E-state index in [0.717, 1.165) is 124 Å². The summed E-state index contributed by atoms with van der Waals surface area (Å²) in [6.45, 7) is 12.9. The van der Waals surface area contributed by atoms with Crippen molar-refractivity contribution < 1.29 is 9.47 Å². The van der Waals surface area contributed by atoms with E-state index >= 15 is 0 Å². The number of hydrogen-bond acceptors (Lipinski definition) is 6. The predicted octanol–water partition coefficient (Wildman–Crippen LogP) is 16.6. The Labute approximate surface area is 812 Å². The molecule has 0 atom stereocenters. The molecule has 0 amide bonds. The topological polar surface area (TPSA) is 31.4 Å². The van der Waals surface area contributed by atoms with Crippen molar-refractivity contribution in [2.24, 2.45) is 0 Å². The lowest BCUT2D eigenvalue weighted by Gasteiger charge is -2.49. The van der Waals surface area contributed by atoms with E-state index in [2.05, 4.69) is 528 Å². The Balaban J connectivity index is 0.833. The molecule has 12 heteroatoms. The Hall–Kier alpha value is -16.0. The van der Waals surface area contributed by atoms with E-state index in [9.17, 15) is 0 Å². The second-order valence-corrected chi connectivity index (χ2v) is 49.6. The van der Waals surface area contributed by atoms with Gasteiger partial charge in [0.2, 0.25) is 0 Å². The molecule has 0 aliphatic carbocycles.